The van der Waals surface area contributed by atoms with E-state index in [0.29, 0.717) is 0 Å². The van der Waals surface area contributed by atoms with Crippen LogP contribution in [-0.4, -0.2) is 15.5 Å². The van der Waals surface area contributed by atoms with E-state index in [4.69, 9.17) is 0 Å². The van der Waals surface area contributed by atoms with Crippen molar-refractivity contribution in [2.75, 3.05) is 9.80 Å². The van der Waals surface area contributed by atoms with Gasteiger partial charge in [-0.1, -0.05) is 359 Å². The molecular formula is C110H95BN4. The van der Waals surface area contributed by atoms with E-state index < -0.39 is 0 Å². The van der Waals surface area contributed by atoms with Gasteiger partial charge in [0.05, 0.1) is 44.5 Å². The summed E-state index contributed by atoms with van der Waals surface area (Å²) in [7, 11) is 0. The highest BCUT2D eigenvalue weighted by Crippen LogP contribution is 2.54. The van der Waals surface area contributed by atoms with Gasteiger partial charge in [0.25, 0.3) is 6.71 Å². The summed E-state index contributed by atoms with van der Waals surface area (Å²) in [5, 5.41) is 19.3. The van der Waals surface area contributed by atoms with Gasteiger partial charge in [-0.15, -0.1) is 0 Å². The summed E-state index contributed by atoms with van der Waals surface area (Å²) < 4.78 is 5.31. The number of nitrogens with zero attached hydrogens (tertiary/aromatic N) is 4. The Balaban J connectivity index is 1.02. The zero-order chi connectivity index (χ0) is 78.8. The predicted molar refractivity (Wildman–Crippen MR) is 499 cm³/mol. The number of rotatable bonds is 4. The number of para-hydroxylation sites is 6. The average Bonchev–Trinajstić information content (AvgIpc) is 1.50. The number of aromatic nitrogens is 2. The Labute approximate surface area is 674 Å². The molecule has 0 radical (unpaired) electrons. The van der Waals surface area contributed by atoms with Gasteiger partial charge >= 0.3 is 0 Å². The molecule has 4 aromatic heterocycles. The van der Waals surface area contributed by atoms with Gasteiger partial charge in [0.2, 0.25) is 0 Å². The van der Waals surface area contributed by atoms with E-state index in [1.165, 1.54) is 175 Å². The SMILES string of the molecule is CC(C)(C)c1cc(-c2ccccc2N2c3cc4c(cc3B3c5cc6c7ccccc7c7ccccc7c7cccc8c9ccccc9n(c6cc5N(c5ccccc5-c5cc(C(C)(C)C)cc(C(C)(C)C)c5)c5cc(C(C)(C)C)cc2c53)c78)c2ccccc2c2ccccc2c2cccc3c5ccccc5n4c23)cc(C(C)(C)C)c1. The lowest BCUT2D eigenvalue weighted by Gasteiger charge is -2.46. The fraction of sp³-hybridized carbons (Fsp3) is 0.182. The summed E-state index contributed by atoms with van der Waals surface area (Å²) >= 11 is 0. The highest BCUT2D eigenvalue weighted by molar-refractivity contribution is 7.00. The molecule has 15 aromatic carbocycles. The molecule has 0 saturated heterocycles. The summed E-state index contributed by atoms with van der Waals surface area (Å²) in [6, 6.07) is 119. The van der Waals surface area contributed by atoms with E-state index in [9.17, 15) is 0 Å². The van der Waals surface area contributed by atoms with Crippen molar-refractivity contribution < 1.29 is 0 Å². The molecule has 4 nitrogen and oxygen atoms in total. The second-order valence-corrected chi connectivity index (χ2v) is 38.1. The Morgan fingerprint density at radius 1 is 0.200 bits per heavy atom. The van der Waals surface area contributed by atoms with Crippen molar-refractivity contribution in [3.05, 3.63) is 331 Å². The highest BCUT2D eigenvalue weighted by Gasteiger charge is 2.46. The quantitative estimate of drug-likeness (QED) is 0.163. The molecule has 21 rings (SSSR count). The van der Waals surface area contributed by atoms with Crippen LogP contribution in [0.1, 0.15) is 132 Å². The smallest absolute Gasteiger partial charge is 0.252 e. The molecule has 19 aromatic rings. The number of benzene rings is 15. The van der Waals surface area contributed by atoms with Crippen LogP contribution in [0.25, 0.3) is 142 Å². The maximum Gasteiger partial charge on any atom is 0.252 e. The summed E-state index contributed by atoms with van der Waals surface area (Å²) in [6.45, 7) is 35.4. The van der Waals surface area contributed by atoms with Crippen LogP contribution in [0.15, 0.2) is 303 Å². The van der Waals surface area contributed by atoms with Crippen LogP contribution in [0, 0.1) is 0 Å². The second-order valence-electron chi connectivity index (χ2n) is 38.1. The van der Waals surface area contributed by atoms with E-state index >= 15 is 0 Å². The first kappa shape index (κ1) is 70.4. The minimum Gasteiger partial charge on any atom is -0.311 e. The summed E-state index contributed by atoms with van der Waals surface area (Å²) in [6.07, 6.45) is 0. The van der Waals surface area contributed by atoms with E-state index in [2.05, 4.69) is 426 Å². The largest absolute Gasteiger partial charge is 0.311 e. The molecule has 2 aliphatic rings. The topological polar surface area (TPSA) is 15.3 Å². The molecule has 558 valence electrons. The first-order valence-corrected chi connectivity index (χ1v) is 41.3. The first-order chi connectivity index (χ1) is 55.2. The Bertz CT molecular complexity index is 7010. The molecule has 6 heterocycles. The van der Waals surface area contributed by atoms with E-state index in [1.54, 1.807) is 0 Å². The third kappa shape index (κ3) is 10.8. The number of fused-ring (bicyclic) bond motifs is 24. The molecule has 0 N–H and O–H groups in total. The molecule has 0 saturated carbocycles. The van der Waals surface area contributed by atoms with Crippen molar-refractivity contribution in [2.45, 2.75) is 131 Å². The molecule has 0 unspecified atom stereocenters. The van der Waals surface area contributed by atoms with Gasteiger partial charge in [-0.25, -0.2) is 0 Å². The first-order valence-electron chi connectivity index (χ1n) is 41.3. The number of hydrogen-bond donors (Lipinski definition) is 0. The molecule has 115 heavy (non-hydrogen) atoms. The third-order valence-corrected chi connectivity index (χ3v) is 25.7. The Morgan fingerprint density at radius 3 is 0.791 bits per heavy atom. The van der Waals surface area contributed by atoms with Gasteiger partial charge in [0, 0.05) is 77.0 Å². The summed E-state index contributed by atoms with van der Waals surface area (Å²) in [4.78, 5) is 5.50. The Hall–Kier alpha value is -12.4. The van der Waals surface area contributed by atoms with E-state index in [1.807, 2.05) is 0 Å². The lowest BCUT2D eigenvalue weighted by Crippen LogP contribution is -2.61. The van der Waals surface area contributed by atoms with Gasteiger partial charge in [-0.2, -0.15) is 0 Å². The zero-order valence-electron chi connectivity index (χ0n) is 68.7. The van der Waals surface area contributed by atoms with Gasteiger partial charge in [-0.05, 0) is 174 Å². The minimum atomic E-state index is -0.346. The molecule has 2 aliphatic heterocycles. The molecule has 0 spiro atoms. The standard InChI is InChI=1S/C110H95BN4/c1-106(2,3)68-54-66(55-69(58-68)107(4,5)6)73-34-24-28-50-93(73)112-99-64-97-89(81-42-22-18-38-77(81)75-36-16-20-40-79(75)85-46-32-48-87-83-44-26-30-52-95(83)114(97)104(85)87)62-91(99)111-92-63-90-82-43-23-19-39-78(82)76-37-17-21-41-80(76)86-47-33-49-88-84-45-27-31-53-96(84)115(105(86)88)98(90)65-100(92)113(102-61-72(110(13,14)15)60-101(112)103(102)111)94-51-29-25-35-74(94)67-56-70(108(7,8)9)59-71(57-67)109(10,11)12/h16-65H,1-15H3. The van der Waals surface area contributed by atoms with E-state index in [-0.39, 0.29) is 33.8 Å². The normalized spacial score (nSPS) is 13.5. The van der Waals surface area contributed by atoms with Crippen LogP contribution in [0.5, 0.6) is 0 Å². The van der Waals surface area contributed by atoms with Crippen molar-refractivity contribution in [1.29, 1.82) is 0 Å². The number of anilines is 6. The van der Waals surface area contributed by atoms with Gasteiger partial charge < -0.3 is 18.6 Å². The maximum atomic E-state index is 2.75. The Morgan fingerprint density at radius 2 is 0.461 bits per heavy atom. The fourth-order valence-electron chi connectivity index (χ4n) is 19.7. The Kier molecular flexibility index (Phi) is 15.3. The summed E-state index contributed by atoms with van der Waals surface area (Å²) in [5.41, 5.74) is 27.9. The molecular weight excluding hydrogens is 1390 g/mol. The molecule has 0 amide bonds. The van der Waals surface area contributed by atoms with Gasteiger partial charge in [0.15, 0.2) is 0 Å². The minimum absolute atomic E-state index is 0.137. The zero-order valence-corrected chi connectivity index (χ0v) is 68.7. The highest BCUT2D eigenvalue weighted by atomic mass is 15.2. The van der Waals surface area contributed by atoms with Crippen molar-refractivity contribution in [2.24, 2.45) is 0 Å². The van der Waals surface area contributed by atoms with Crippen LogP contribution in [0.4, 0.5) is 34.1 Å². The molecule has 0 fully saturated rings. The maximum absolute atomic E-state index is 2.75. The lowest BCUT2D eigenvalue weighted by atomic mass is 9.33. The van der Waals surface area contributed by atoms with Crippen molar-refractivity contribution in [1.82, 2.24) is 8.80 Å². The van der Waals surface area contributed by atoms with Crippen LogP contribution < -0.4 is 26.2 Å². The predicted octanol–water partition coefficient (Wildman–Crippen LogP) is 28.8. The van der Waals surface area contributed by atoms with Crippen LogP contribution in [0.3, 0.4) is 0 Å². The molecule has 5 heteroatoms. The van der Waals surface area contributed by atoms with Crippen molar-refractivity contribution >= 4 is 177 Å². The molecule has 0 atom stereocenters. The number of hydrogen-bond acceptors (Lipinski definition) is 2. The fourth-order valence-corrected chi connectivity index (χ4v) is 19.7. The second kappa shape index (κ2) is 25.0. The van der Waals surface area contributed by atoms with Gasteiger partial charge in [0.1, 0.15) is 0 Å². The lowest BCUT2D eigenvalue weighted by molar-refractivity contribution is 0.568. The summed E-state index contributed by atoms with van der Waals surface area (Å²) in [5.74, 6) is 0. The molecule has 0 bridgehead atoms. The van der Waals surface area contributed by atoms with Gasteiger partial charge in [-0.3, -0.25) is 0 Å². The molecule has 0 aliphatic carbocycles. The van der Waals surface area contributed by atoms with Crippen LogP contribution in [-0.2, 0) is 27.1 Å². The third-order valence-electron chi connectivity index (χ3n) is 25.7. The average molecular weight is 1480 g/mol. The van der Waals surface area contributed by atoms with Crippen LogP contribution in [0.2, 0.25) is 0 Å². The van der Waals surface area contributed by atoms with Crippen molar-refractivity contribution in [3.63, 3.8) is 0 Å². The van der Waals surface area contributed by atoms with E-state index in [0.717, 1.165) is 45.2 Å². The van der Waals surface area contributed by atoms with Crippen molar-refractivity contribution in [3.8, 4) is 22.3 Å². The van der Waals surface area contributed by atoms with Crippen LogP contribution >= 0.6 is 0 Å². The monoisotopic (exact) mass is 1480 g/mol.